The molecule has 1 aliphatic rings. The van der Waals surface area contributed by atoms with Crippen LogP contribution in [0.3, 0.4) is 0 Å². The van der Waals surface area contributed by atoms with E-state index in [4.69, 9.17) is 77.5 Å². The lowest BCUT2D eigenvalue weighted by molar-refractivity contribution is -0.254. The van der Waals surface area contributed by atoms with Crippen LogP contribution in [-0.4, -0.2) is 91.9 Å². The zero-order valence-electron chi connectivity index (χ0n) is 41.9. The highest BCUT2D eigenvalue weighted by molar-refractivity contribution is 7.48. The molecule has 0 radical (unpaired) electrons. The number of carbonyl (C=O) groups excluding carboxylic acids is 2. The third kappa shape index (κ3) is 30.1. The quantitative estimate of drug-likeness (QED) is 0.0149. The topological polar surface area (TPSA) is 161 Å². The first kappa shape index (κ1) is 63.3. The number of ether oxygens (including phenoxy) is 5. The minimum Gasteiger partial charge on any atom is -0.462 e. The van der Waals surface area contributed by atoms with Gasteiger partial charge in [0.2, 0.25) is 12.2 Å². The maximum atomic E-state index is 14.4. The maximum Gasteiger partial charge on any atom is 0.475 e. The number of likely N-dealkylation sites (N-methyl/N-ethyl adjacent to an activating group) is 1. The molecule has 0 amide bonds. The zero-order valence-corrected chi connectivity index (χ0v) is 45.0. The van der Waals surface area contributed by atoms with Gasteiger partial charge >= 0.3 is 19.8 Å². The number of esters is 2. The average molecular weight is 1020 g/mol. The summed E-state index contributed by atoms with van der Waals surface area (Å²) in [5.74, 6) is -1.75. The molecule has 0 aromatic carbocycles. The Balaban J connectivity index is 3.37. The van der Waals surface area contributed by atoms with Crippen molar-refractivity contribution in [1.29, 1.82) is 5.41 Å². The first-order chi connectivity index (χ1) is 31.8. The summed E-state index contributed by atoms with van der Waals surface area (Å²) in [6.45, 7) is 10.9. The van der Waals surface area contributed by atoms with Gasteiger partial charge in [-0.1, -0.05) is 204 Å². The Morgan fingerprint density at radius 3 is 1.59 bits per heavy atom. The second kappa shape index (κ2) is 39.9. The minimum atomic E-state index is -4.30. The SMILES string of the molecule is CCCCCCCCCCCCCC(=O)O[C@H](CCCCCCCCCCC)CC(=O)OC1C(NC)C(OC(=N)C(Cl)(Cl)Cl)OC(COCCCC)C1OP(=O)(OCCCC)OCCCC. The Labute approximate surface area is 415 Å². The Hall–Kier alpha value is -0.730. The van der Waals surface area contributed by atoms with E-state index in [1.165, 1.54) is 77.0 Å². The van der Waals surface area contributed by atoms with E-state index in [9.17, 15) is 14.2 Å². The van der Waals surface area contributed by atoms with Crippen LogP contribution < -0.4 is 5.32 Å². The number of halogens is 3. The van der Waals surface area contributed by atoms with Crippen molar-refractivity contribution in [3.05, 3.63) is 0 Å². The van der Waals surface area contributed by atoms with Crippen molar-refractivity contribution in [3.8, 4) is 0 Å². The molecule has 0 bridgehead atoms. The van der Waals surface area contributed by atoms with Crippen LogP contribution >= 0.6 is 42.6 Å². The number of phosphoric ester groups is 1. The molecular weight excluding hydrogens is 930 g/mol. The molecule has 0 aromatic rings. The molecule has 0 aliphatic carbocycles. The number of phosphoric acid groups is 1. The molecule has 1 rings (SSSR count). The number of hydrogen-bond donors (Lipinski definition) is 2. The van der Waals surface area contributed by atoms with Gasteiger partial charge in [0.25, 0.3) is 3.79 Å². The molecule has 2 N–H and O–H groups in total. The smallest absolute Gasteiger partial charge is 0.462 e. The van der Waals surface area contributed by atoms with Crippen LogP contribution in [0.25, 0.3) is 0 Å². The molecule has 5 unspecified atom stereocenters. The van der Waals surface area contributed by atoms with Crippen molar-refractivity contribution in [3.63, 3.8) is 0 Å². The Kier molecular flexibility index (Phi) is 38.3. The van der Waals surface area contributed by atoms with Crippen LogP contribution in [0, 0.1) is 5.41 Å². The highest BCUT2D eigenvalue weighted by Gasteiger charge is 2.53. The summed E-state index contributed by atoms with van der Waals surface area (Å²) in [6, 6.07) is -1.06. The fourth-order valence-electron chi connectivity index (χ4n) is 7.68. The van der Waals surface area contributed by atoms with Crippen LogP contribution in [0.15, 0.2) is 0 Å². The number of unbranched alkanes of at least 4 members (excludes halogenated alkanes) is 21. The van der Waals surface area contributed by atoms with E-state index >= 15 is 0 Å². The normalized spacial score (nSPS) is 19.4. The Morgan fingerprint density at radius 2 is 1.11 bits per heavy atom. The Morgan fingerprint density at radius 1 is 0.636 bits per heavy atom. The highest BCUT2D eigenvalue weighted by Crippen LogP contribution is 2.53. The van der Waals surface area contributed by atoms with Gasteiger partial charge in [0.15, 0.2) is 6.10 Å². The third-order valence-corrected chi connectivity index (χ3v) is 13.7. The van der Waals surface area contributed by atoms with E-state index in [-0.39, 0.29) is 38.6 Å². The fraction of sp³-hybridized carbons (Fsp3) is 0.939. The van der Waals surface area contributed by atoms with Gasteiger partial charge in [0, 0.05) is 13.0 Å². The molecule has 17 heteroatoms. The summed E-state index contributed by atoms with van der Waals surface area (Å²) in [5, 5.41) is 11.5. The monoisotopic (exact) mass is 1020 g/mol. The lowest BCUT2D eigenvalue weighted by Gasteiger charge is -2.45. The molecule has 66 heavy (non-hydrogen) atoms. The van der Waals surface area contributed by atoms with Gasteiger partial charge in [-0.25, -0.2) is 4.57 Å². The Bertz CT molecular complexity index is 1270. The van der Waals surface area contributed by atoms with E-state index in [1.807, 2.05) is 20.8 Å². The summed E-state index contributed by atoms with van der Waals surface area (Å²) >= 11 is 18.1. The van der Waals surface area contributed by atoms with Crippen molar-refractivity contribution >= 4 is 60.5 Å². The molecular formula is C49H92Cl3N2O11P. The number of carbonyl (C=O) groups is 2. The van der Waals surface area contributed by atoms with E-state index < -0.39 is 60.2 Å². The molecule has 1 saturated heterocycles. The van der Waals surface area contributed by atoms with Gasteiger partial charge in [-0.05, 0) is 45.6 Å². The van der Waals surface area contributed by atoms with Crippen LogP contribution in [0.1, 0.15) is 221 Å². The summed E-state index contributed by atoms with van der Waals surface area (Å²) in [7, 11) is -2.72. The molecule has 0 spiro atoms. The van der Waals surface area contributed by atoms with Gasteiger partial charge < -0.3 is 29.0 Å². The molecule has 1 fully saturated rings. The first-order valence-corrected chi connectivity index (χ1v) is 28.6. The molecule has 1 heterocycles. The van der Waals surface area contributed by atoms with Crippen molar-refractivity contribution in [1.82, 2.24) is 5.32 Å². The number of rotatable bonds is 43. The van der Waals surface area contributed by atoms with E-state index in [0.717, 1.165) is 77.0 Å². The van der Waals surface area contributed by atoms with Gasteiger partial charge in [-0.15, -0.1) is 0 Å². The highest BCUT2D eigenvalue weighted by atomic mass is 35.6. The molecule has 0 aromatic heterocycles. The second-order valence-electron chi connectivity index (χ2n) is 17.8. The van der Waals surface area contributed by atoms with E-state index in [2.05, 4.69) is 19.2 Å². The molecule has 6 atom stereocenters. The molecule has 1 aliphatic heterocycles. The standard InChI is InChI=1S/C49H92Cl3N2O11P/c1-7-12-17-19-21-23-24-26-28-30-32-34-42(55)61-40(33-31-29-27-25-22-20-18-13-8-2)38-43(56)63-46-44(54-6)47(64-48(53)49(50,51)52)62-41(39-58-35-14-9-3)45(46)65-66(57,59-36-15-10-4)60-37-16-11-5/h40-41,44-47,53-54H,7-39H2,1-6H3/t40-,41?,44?,45?,46?,47?/m1/s1. The van der Waals surface area contributed by atoms with Crippen LogP contribution in [0.2, 0.25) is 0 Å². The predicted octanol–water partition coefficient (Wildman–Crippen LogP) is 14.4. The fourth-order valence-corrected chi connectivity index (χ4v) is 9.26. The lowest BCUT2D eigenvalue weighted by Crippen LogP contribution is -2.65. The third-order valence-electron chi connectivity index (χ3n) is 11.7. The summed E-state index contributed by atoms with van der Waals surface area (Å²) in [6.07, 6.45) is 22.1. The van der Waals surface area contributed by atoms with Gasteiger partial charge in [-0.3, -0.25) is 28.6 Å². The largest absolute Gasteiger partial charge is 0.475 e. The zero-order chi connectivity index (χ0) is 48.9. The predicted molar refractivity (Wildman–Crippen MR) is 268 cm³/mol. The van der Waals surface area contributed by atoms with Gasteiger partial charge in [-0.2, -0.15) is 0 Å². The van der Waals surface area contributed by atoms with Gasteiger partial charge in [0.05, 0.1) is 26.2 Å². The number of hydrogen-bond acceptors (Lipinski definition) is 13. The summed E-state index contributed by atoms with van der Waals surface area (Å²) < 4.78 is 60.7. The van der Waals surface area contributed by atoms with Crippen molar-refractivity contribution in [2.45, 2.75) is 261 Å². The molecule has 13 nitrogen and oxygen atoms in total. The molecule has 390 valence electrons. The maximum absolute atomic E-state index is 14.4. The number of alkyl halides is 3. The first-order valence-electron chi connectivity index (χ1n) is 26.0. The van der Waals surface area contributed by atoms with Crippen molar-refractivity contribution in [2.75, 3.05) is 33.5 Å². The molecule has 0 saturated carbocycles. The average Bonchev–Trinajstić information content (AvgIpc) is 3.27. The van der Waals surface area contributed by atoms with Crippen LogP contribution in [0.4, 0.5) is 0 Å². The van der Waals surface area contributed by atoms with Crippen molar-refractivity contribution < 1.29 is 51.4 Å². The second-order valence-corrected chi connectivity index (χ2v) is 21.7. The summed E-state index contributed by atoms with van der Waals surface area (Å²) in [4.78, 5) is 27.6. The van der Waals surface area contributed by atoms with E-state index in [0.29, 0.717) is 25.9 Å². The summed E-state index contributed by atoms with van der Waals surface area (Å²) in [5.41, 5.74) is 0. The van der Waals surface area contributed by atoms with E-state index in [1.54, 1.807) is 7.05 Å². The van der Waals surface area contributed by atoms with Crippen LogP contribution in [0.5, 0.6) is 0 Å². The van der Waals surface area contributed by atoms with Crippen LogP contribution in [-0.2, 0) is 51.4 Å². The number of nitrogens with one attached hydrogen (secondary N) is 2. The lowest BCUT2D eigenvalue weighted by atomic mass is 9.96. The van der Waals surface area contributed by atoms with Gasteiger partial charge in [0.1, 0.15) is 24.4 Å². The minimum absolute atomic E-state index is 0.0993. The van der Waals surface area contributed by atoms with Crippen molar-refractivity contribution in [2.24, 2.45) is 0 Å².